The minimum Gasteiger partial charge on any atom is -0.495 e. The molecular formula is C28H35N3O3S. The van der Waals surface area contributed by atoms with Gasteiger partial charge in [-0.15, -0.1) is 0 Å². The van der Waals surface area contributed by atoms with Gasteiger partial charge in [0.05, 0.1) is 7.11 Å². The average molecular weight is 494 g/mol. The van der Waals surface area contributed by atoms with Crippen molar-refractivity contribution >= 4 is 15.7 Å². The highest BCUT2D eigenvalue weighted by molar-refractivity contribution is 7.89. The molecule has 0 fully saturated rings. The number of aryl methyl sites for hydroxylation is 2. The normalized spacial score (nSPS) is 14.9. The molecule has 1 aliphatic rings. The molecule has 1 aliphatic heterocycles. The lowest BCUT2D eigenvalue weighted by Gasteiger charge is -2.36. The molecule has 0 amide bonds. The molecule has 0 unspecified atom stereocenters. The molecule has 0 spiro atoms. The quantitative estimate of drug-likeness (QED) is 0.502. The van der Waals surface area contributed by atoms with E-state index in [2.05, 4.69) is 63.1 Å². The van der Waals surface area contributed by atoms with Gasteiger partial charge >= 0.3 is 0 Å². The zero-order valence-electron chi connectivity index (χ0n) is 21.2. The molecule has 7 heteroatoms. The van der Waals surface area contributed by atoms with Crippen LogP contribution in [0.4, 0.5) is 5.69 Å². The van der Waals surface area contributed by atoms with Crippen molar-refractivity contribution in [3.63, 3.8) is 0 Å². The Morgan fingerprint density at radius 2 is 1.66 bits per heavy atom. The van der Waals surface area contributed by atoms with E-state index in [1.165, 1.54) is 18.2 Å². The number of hydrogen-bond acceptors (Lipinski definition) is 5. The highest BCUT2D eigenvalue weighted by Gasteiger charge is 2.28. The number of nitrogens with one attached hydrogen (secondary N) is 1. The Bertz CT molecular complexity index is 1290. The smallest absolute Gasteiger partial charge is 0.244 e. The largest absolute Gasteiger partial charge is 0.495 e. The van der Waals surface area contributed by atoms with Crippen LogP contribution in [0.15, 0.2) is 65.6 Å². The molecular weight excluding hydrogens is 458 g/mol. The molecule has 35 heavy (non-hydrogen) atoms. The van der Waals surface area contributed by atoms with Crippen molar-refractivity contribution in [2.24, 2.45) is 0 Å². The Balaban J connectivity index is 1.64. The molecule has 1 atom stereocenters. The lowest BCUT2D eigenvalue weighted by molar-refractivity contribution is 0.180. The number of sulfonamides is 1. The number of rotatable bonds is 8. The fourth-order valence-electron chi connectivity index (χ4n) is 4.64. The molecule has 6 nitrogen and oxygen atoms in total. The molecule has 186 valence electrons. The first-order valence-corrected chi connectivity index (χ1v) is 13.4. The van der Waals surface area contributed by atoms with Crippen LogP contribution in [0.1, 0.15) is 33.9 Å². The summed E-state index contributed by atoms with van der Waals surface area (Å²) in [6.45, 7) is 5.77. The van der Waals surface area contributed by atoms with Crippen molar-refractivity contribution in [2.75, 3.05) is 39.2 Å². The fraction of sp³-hybridized carbons (Fsp3) is 0.357. The summed E-state index contributed by atoms with van der Waals surface area (Å²) in [7, 11) is 1.75. The first-order chi connectivity index (χ1) is 16.7. The average Bonchev–Trinajstić information content (AvgIpc) is 2.85. The third-order valence-corrected chi connectivity index (χ3v) is 8.38. The molecule has 0 bridgehead atoms. The van der Waals surface area contributed by atoms with Gasteiger partial charge in [0.25, 0.3) is 0 Å². The van der Waals surface area contributed by atoms with Gasteiger partial charge in [0.1, 0.15) is 10.6 Å². The Morgan fingerprint density at radius 3 is 2.31 bits per heavy atom. The predicted octanol–water partition coefficient (Wildman–Crippen LogP) is 4.46. The minimum absolute atomic E-state index is 0.105. The van der Waals surface area contributed by atoms with Crippen LogP contribution in [0.25, 0.3) is 0 Å². The highest BCUT2D eigenvalue weighted by atomic mass is 32.2. The number of nitrogens with zero attached hydrogens (tertiary/aromatic N) is 2. The fourth-order valence-corrected chi connectivity index (χ4v) is 5.91. The van der Waals surface area contributed by atoms with E-state index in [-0.39, 0.29) is 17.5 Å². The maximum Gasteiger partial charge on any atom is 0.244 e. The molecule has 1 heterocycles. The first-order valence-electron chi connectivity index (χ1n) is 11.9. The van der Waals surface area contributed by atoms with Crippen molar-refractivity contribution in [2.45, 2.75) is 37.8 Å². The van der Waals surface area contributed by atoms with Gasteiger partial charge in [0, 0.05) is 45.5 Å². The third kappa shape index (κ3) is 5.53. The van der Waals surface area contributed by atoms with Crippen LogP contribution in [-0.2, 0) is 23.0 Å². The third-order valence-electron chi connectivity index (χ3n) is 6.93. The lowest BCUT2D eigenvalue weighted by atomic mass is 9.96. The molecule has 0 radical (unpaired) electrons. The topological polar surface area (TPSA) is 61.9 Å². The zero-order valence-corrected chi connectivity index (χ0v) is 22.0. The van der Waals surface area contributed by atoms with Crippen LogP contribution < -0.4 is 14.4 Å². The summed E-state index contributed by atoms with van der Waals surface area (Å²) in [5.41, 5.74) is 6.76. The molecule has 4 rings (SSSR count). The van der Waals surface area contributed by atoms with Crippen LogP contribution in [0, 0.1) is 13.8 Å². The van der Waals surface area contributed by atoms with Crippen LogP contribution in [0.3, 0.4) is 0 Å². The van der Waals surface area contributed by atoms with E-state index in [4.69, 9.17) is 4.74 Å². The second-order valence-corrected chi connectivity index (χ2v) is 11.2. The summed E-state index contributed by atoms with van der Waals surface area (Å²) in [4.78, 5) is 4.60. The second kappa shape index (κ2) is 10.4. The van der Waals surface area contributed by atoms with E-state index in [0.29, 0.717) is 5.75 Å². The van der Waals surface area contributed by atoms with Gasteiger partial charge in [-0.05, 0) is 72.4 Å². The summed E-state index contributed by atoms with van der Waals surface area (Å²) in [6, 6.07) is 20.2. The molecule has 3 aromatic rings. The molecule has 0 aromatic heterocycles. The number of methoxy groups -OCH3 is 1. The Kier molecular flexibility index (Phi) is 7.50. The zero-order chi connectivity index (χ0) is 25.2. The van der Waals surface area contributed by atoms with Crippen LogP contribution in [0.2, 0.25) is 0 Å². The van der Waals surface area contributed by atoms with Crippen molar-refractivity contribution in [3.05, 3.63) is 88.5 Å². The van der Waals surface area contributed by atoms with E-state index < -0.39 is 10.0 Å². The second-order valence-electron chi connectivity index (χ2n) is 9.43. The summed E-state index contributed by atoms with van der Waals surface area (Å²) >= 11 is 0. The molecule has 0 saturated heterocycles. The number of fused-ring (bicyclic) bond motifs is 1. The van der Waals surface area contributed by atoms with Gasteiger partial charge in [0.2, 0.25) is 10.0 Å². The molecule has 1 N–H and O–H groups in total. The van der Waals surface area contributed by atoms with Gasteiger partial charge in [0.15, 0.2) is 0 Å². The minimum atomic E-state index is -3.78. The van der Waals surface area contributed by atoms with Gasteiger partial charge in [-0.25, -0.2) is 13.1 Å². The van der Waals surface area contributed by atoms with E-state index >= 15 is 0 Å². The number of hydrogen-bond donors (Lipinski definition) is 1. The van der Waals surface area contributed by atoms with Gasteiger partial charge < -0.3 is 9.64 Å². The van der Waals surface area contributed by atoms with Gasteiger partial charge in [-0.2, -0.15) is 0 Å². The van der Waals surface area contributed by atoms with E-state index in [1.54, 1.807) is 12.1 Å². The molecule has 0 aliphatic carbocycles. The van der Waals surface area contributed by atoms with Crippen molar-refractivity contribution < 1.29 is 13.2 Å². The Labute approximate surface area is 209 Å². The Morgan fingerprint density at radius 1 is 1.00 bits per heavy atom. The van der Waals surface area contributed by atoms with Gasteiger partial charge in [-0.1, -0.05) is 36.4 Å². The SMILES string of the molecule is COc1cc(C)c(C)cc1S(=O)(=O)NC[C@H](c1ccc(N(C)C)cc1)N1CCc2ccccc2C1. The number of anilines is 1. The van der Waals surface area contributed by atoms with Crippen LogP contribution in [-0.4, -0.2) is 47.6 Å². The van der Waals surface area contributed by atoms with E-state index in [0.717, 1.165) is 41.9 Å². The number of ether oxygens (including phenoxy) is 1. The lowest BCUT2D eigenvalue weighted by Crippen LogP contribution is -2.40. The van der Waals surface area contributed by atoms with Gasteiger partial charge in [-0.3, -0.25) is 4.90 Å². The monoisotopic (exact) mass is 493 g/mol. The summed E-state index contributed by atoms with van der Waals surface area (Å²) < 4.78 is 35.1. The number of benzene rings is 3. The van der Waals surface area contributed by atoms with Crippen molar-refractivity contribution in [3.8, 4) is 5.75 Å². The maximum atomic E-state index is 13.4. The first kappa shape index (κ1) is 25.2. The van der Waals surface area contributed by atoms with Crippen molar-refractivity contribution in [1.82, 2.24) is 9.62 Å². The van der Waals surface area contributed by atoms with Crippen LogP contribution in [0.5, 0.6) is 5.75 Å². The summed E-state index contributed by atoms with van der Waals surface area (Å²) in [5.74, 6) is 0.361. The maximum absolute atomic E-state index is 13.4. The van der Waals surface area contributed by atoms with E-state index in [9.17, 15) is 8.42 Å². The van der Waals surface area contributed by atoms with Crippen LogP contribution >= 0.6 is 0 Å². The molecule has 3 aromatic carbocycles. The van der Waals surface area contributed by atoms with Crippen molar-refractivity contribution in [1.29, 1.82) is 0 Å². The summed E-state index contributed by atoms with van der Waals surface area (Å²) in [6.07, 6.45) is 0.945. The standard InChI is InChI=1S/C28H35N3O3S/c1-20-16-27(34-5)28(17-21(20)2)35(32,33)29-18-26(23-10-12-25(13-11-23)30(3)4)31-15-14-22-8-6-7-9-24(22)19-31/h6-13,16-17,26,29H,14-15,18-19H2,1-5H3/t26-/m1/s1. The Hall–Kier alpha value is -2.87. The highest BCUT2D eigenvalue weighted by Crippen LogP contribution is 2.31. The molecule has 0 saturated carbocycles. The van der Waals surface area contributed by atoms with E-state index in [1.807, 2.05) is 27.9 Å². The predicted molar refractivity (Wildman–Crippen MR) is 142 cm³/mol. The summed E-state index contributed by atoms with van der Waals surface area (Å²) in [5, 5.41) is 0.